The summed E-state index contributed by atoms with van der Waals surface area (Å²) in [5.74, 6) is -1.88. The molecule has 0 aliphatic heterocycles. The molecule has 0 amide bonds. The number of hydrogen-bond acceptors (Lipinski definition) is 10. The molecule has 0 bridgehead atoms. The summed E-state index contributed by atoms with van der Waals surface area (Å²) in [6, 6.07) is 3.23. The lowest BCUT2D eigenvalue weighted by molar-refractivity contribution is -0.154. The molecule has 3 atom stereocenters. The standard InChI is InChI=1S/C26H39NO10/c1-14(2)18(8)24(30)35-17(7)13-27-20(23(28)29)11-19-9-10-21(36-25(31)33-15(3)4)22(12-19)37-26(32)34-16(5)6/h9-10,12,14-18,20,27H,11,13H2,1-8H3,(H,28,29)/t17?,18?,20-/m0/s1. The Kier molecular flexibility index (Phi) is 12.9. The number of nitrogens with one attached hydrogen (secondary N) is 1. The molecule has 208 valence electrons. The first-order valence-corrected chi connectivity index (χ1v) is 12.3. The Bertz CT molecular complexity index is 928. The van der Waals surface area contributed by atoms with Crippen molar-refractivity contribution in [3.63, 3.8) is 0 Å². The van der Waals surface area contributed by atoms with Gasteiger partial charge in [0.05, 0.1) is 18.1 Å². The lowest BCUT2D eigenvalue weighted by Gasteiger charge is -2.21. The van der Waals surface area contributed by atoms with Crippen LogP contribution < -0.4 is 14.8 Å². The second-order valence-electron chi connectivity index (χ2n) is 9.60. The van der Waals surface area contributed by atoms with E-state index in [0.29, 0.717) is 5.56 Å². The van der Waals surface area contributed by atoms with Crippen LogP contribution in [0.2, 0.25) is 0 Å². The lowest BCUT2D eigenvalue weighted by atomic mass is 9.98. The fraction of sp³-hybridized carbons (Fsp3) is 0.615. The summed E-state index contributed by atoms with van der Waals surface area (Å²) in [5, 5.41) is 12.6. The van der Waals surface area contributed by atoms with Gasteiger partial charge in [0.2, 0.25) is 0 Å². The molecule has 11 heteroatoms. The molecule has 0 fully saturated rings. The van der Waals surface area contributed by atoms with Crippen molar-refractivity contribution < 1.29 is 48.0 Å². The fourth-order valence-corrected chi connectivity index (χ4v) is 2.87. The highest BCUT2D eigenvalue weighted by Gasteiger charge is 2.24. The van der Waals surface area contributed by atoms with Crippen molar-refractivity contribution in [1.82, 2.24) is 5.32 Å². The molecule has 1 rings (SSSR count). The summed E-state index contributed by atoms with van der Waals surface area (Å²) in [6.07, 6.45) is -3.46. The van der Waals surface area contributed by atoms with Crippen LogP contribution in [-0.2, 0) is 30.2 Å². The van der Waals surface area contributed by atoms with Crippen LogP contribution in [0.15, 0.2) is 18.2 Å². The Hall–Kier alpha value is -3.34. The highest BCUT2D eigenvalue weighted by Crippen LogP contribution is 2.30. The van der Waals surface area contributed by atoms with Crippen LogP contribution in [0.5, 0.6) is 11.5 Å². The van der Waals surface area contributed by atoms with Crippen molar-refractivity contribution in [1.29, 1.82) is 0 Å². The minimum Gasteiger partial charge on any atom is -0.480 e. The third kappa shape index (κ3) is 12.0. The van der Waals surface area contributed by atoms with E-state index in [4.69, 9.17) is 23.7 Å². The van der Waals surface area contributed by atoms with Crippen molar-refractivity contribution in [2.24, 2.45) is 11.8 Å². The Morgan fingerprint density at radius 1 is 0.811 bits per heavy atom. The lowest BCUT2D eigenvalue weighted by Crippen LogP contribution is -2.43. The number of carbonyl (C=O) groups is 4. The van der Waals surface area contributed by atoms with Crippen LogP contribution in [0.1, 0.15) is 61.0 Å². The highest BCUT2D eigenvalue weighted by molar-refractivity contribution is 5.74. The molecule has 0 saturated heterocycles. The molecule has 1 aromatic rings. The van der Waals surface area contributed by atoms with Gasteiger partial charge in [0.15, 0.2) is 11.5 Å². The number of esters is 1. The molecule has 37 heavy (non-hydrogen) atoms. The molecule has 11 nitrogen and oxygen atoms in total. The third-order valence-electron chi connectivity index (χ3n) is 5.14. The molecule has 0 spiro atoms. The minimum atomic E-state index is -1.13. The molecule has 0 radical (unpaired) electrons. The van der Waals surface area contributed by atoms with Gasteiger partial charge in [-0.25, -0.2) is 9.59 Å². The monoisotopic (exact) mass is 525 g/mol. The van der Waals surface area contributed by atoms with Crippen molar-refractivity contribution in [2.45, 2.75) is 86.2 Å². The first kappa shape index (κ1) is 31.7. The fourth-order valence-electron chi connectivity index (χ4n) is 2.87. The molecule has 2 unspecified atom stereocenters. The van der Waals surface area contributed by atoms with E-state index in [1.807, 2.05) is 13.8 Å². The highest BCUT2D eigenvalue weighted by atomic mass is 16.7. The number of benzene rings is 1. The van der Waals surface area contributed by atoms with E-state index in [2.05, 4.69) is 5.32 Å². The SMILES string of the molecule is CC(C)OC(=O)Oc1ccc(C[C@H](NCC(C)OC(=O)C(C)C(C)C)C(=O)O)cc1OC(=O)OC(C)C. The molecule has 2 N–H and O–H groups in total. The molecule has 0 aliphatic carbocycles. The van der Waals surface area contributed by atoms with Crippen LogP contribution in [0.25, 0.3) is 0 Å². The van der Waals surface area contributed by atoms with Gasteiger partial charge in [0, 0.05) is 6.54 Å². The first-order valence-electron chi connectivity index (χ1n) is 12.3. The summed E-state index contributed by atoms with van der Waals surface area (Å²) >= 11 is 0. The molecule has 1 aromatic carbocycles. The maximum Gasteiger partial charge on any atom is 0.514 e. The largest absolute Gasteiger partial charge is 0.514 e. The topological polar surface area (TPSA) is 147 Å². The molecule has 0 saturated carbocycles. The van der Waals surface area contributed by atoms with Crippen molar-refractivity contribution in [3.05, 3.63) is 23.8 Å². The summed E-state index contributed by atoms with van der Waals surface area (Å²) in [4.78, 5) is 48.1. The van der Waals surface area contributed by atoms with Gasteiger partial charge in [0.1, 0.15) is 12.1 Å². The molecule has 0 aromatic heterocycles. The molecule has 0 aliphatic rings. The van der Waals surface area contributed by atoms with E-state index in [-0.39, 0.29) is 42.3 Å². The van der Waals surface area contributed by atoms with Crippen molar-refractivity contribution in [3.8, 4) is 11.5 Å². The third-order valence-corrected chi connectivity index (χ3v) is 5.14. The van der Waals surface area contributed by atoms with Gasteiger partial charge in [-0.15, -0.1) is 0 Å². The first-order chi connectivity index (χ1) is 17.2. The number of carbonyl (C=O) groups excluding carboxylic acids is 3. The van der Waals surface area contributed by atoms with Gasteiger partial charge in [-0.05, 0) is 64.7 Å². The number of carboxylic acid groups (broad SMARTS) is 1. The molecular formula is C26H39NO10. The van der Waals surface area contributed by atoms with E-state index in [9.17, 15) is 24.3 Å². The normalized spacial score (nSPS) is 13.6. The predicted octanol–water partition coefficient (Wildman–Crippen LogP) is 4.34. The van der Waals surface area contributed by atoms with Gasteiger partial charge in [-0.2, -0.15) is 0 Å². The summed E-state index contributed by atoms with van der Waals surface area (Å²) in [5.41, 5.74) is 0.468. The number of ether oxygens (including phenoxy) is 5. The number of aliphatic carboxylic acids is 1. The van der Waals surface area contributed by atoms with Gasteiger partial charge < -0.3 is 34.1 Å². The second kappa shape index (κ2) is 15.0. The number of hydrogen-bond donors (Lipinski definition) is 2. The number of carboxylic acids is 1. The molecular weight excluding hydrogens is 486 g/mol. The Morgan fingerprint density at radius 3 is 1.84 bits per heavy atom. The predicted molar refractivity (Wildman–Crippen MR) is 134 cm³/mol. The Balaban J connectivity index is 2.99. The van der Waals surface area contributed by atoms with Gasteiger partial charge in [-0.3, -0.25) is 9.59 Å². The zero-order chi connectivity index (χ0) is 28.3. The zero-order valence-corrected chi connectivity index (χ0v) is 22.7. The van der Waals surface area contributed by atoms with E-state index in [0.717, 1.165) is 0 Å². The van der Waals surface area contributed by atoms with Crippen LogP contribution in [0.3, 0.4) is 0 Å². The summed E-state index contributed by atoms with van der Waals surface area (Å²) in [7, 11) is 0. The van der Waals surface area contributed by atoms with Gasteiger partial charge in [0.25, 0.3) is 0 Å². The zero-order valence-electron chi connectivity index (χ0n) is 22.7. The summed E-state index contributed by atoms with van der Waals surface area (Å²) in [6.45, 7) is 14.0. The minimum absolute atomic E-state index is 0.00922. The van der Waals surface area contributed by atoms with E-state index < -0.39 is 42.6 Å². The maximum atomic E-state index is 12.2. The van der Waals surface area contributed by atoms with E-state index in [1.165, 1.54) is 18.2 Å². The van der Waals surface area contributed by atoms with Crippen LogP contribution in [-0.4, -0.2) is 60.3 Å². The van der Waals surface area contributed by atoms with Crippen molar-refractivity contribution >= 4 is 24.2 Å². The van der Waals surface area contributed by atoms with E-state index in [1.54, 1.807) is 41.5 Å². The summed E-state index contributed by atoms with van der Waals surface area (Å²) < 4.78 is 25.7. The van der Waals surface area contributed by atoms with Crippen molar-refractivity contribution in [2.75, 3.05) is 6.54 Å². The molecule has 0 heterocycles. The Labute approximate surface area is 217 Å². The maximum absolute atomic E-state index is 12.2. The van der Waals surface area contributed by atoms with Crippen LogP contribution >= 0.6 is 0 Å². The van der Waals surface area contributed by atoms with Gasteiger partial charge >= 0.3 is 24.2 Å². The quantitative estimate of drug-likeness (QED) is 0.215. The number of rotatable bonds is 13. The van der Waals surface area contributed by atoms with Crippen LogP contribution in [0.4, 0.5) is 9.59 Å². The Morgan fingerprint density at radius 2 is 1.35 bits per heavy atom. The van der Waals surface area contributed by atoms with Gasteiger partial charge in [-0.1, -0.05) is 26.8 Å². The smallest absolute Gasteiger partial charge is 0.480 e. The van der Waals surface area contributed by atoms with Crippen LogP contribution in [0, 0.1) is 11.8 Å². The van der Waals surface area contributed by atoms with E-state index >= 15 is 0 Å². The average molecular weight is 526 g/mol. The average Bonchev–Trinajstić information content (AvgIpc) is 2.76. The second-order valence-corrected chi connectivity index (χ2v) is 9.60.